The number of benzene rings is 2. The van der Waals surface area contributed by atoms with E-state index in [4.69, 9.17) is 44.6 Å². The van der Waals surface area contributed by atoms with Crippen LogP contribution in [-0.4, -0.2) is 29.7 Å². The molecule has 0 spiro atoms. The Morgan fingerprint density at radius 1 is 1.13 bits per heavy atom. The van der Waals surface area contributed by atoms with E-state index in [1.54, 1.807) is 18.3 Å². The van der Waals surface area contributed by atoms with Gasteiger partial charge in [-0.1, -0.05) is 29.3 Å². The number of nitrogens with one attached hydrogen (secondary N) is 2. The van der Waals surface area contributed by atoms with Gasteiger partial charge in [0.25, 0.3) is 0 Å². The molecule has 1 aliphatic rings. The maximum atomic E-state index is 12.0. The van der Waals surface area contributed by atoms with Crippen molar-refractivity contribution < 1.29 is 13.9 Å². The van der Waals surface area contributed by atoms with Gasteiger partial charge < -0.3 is 24.7 Å². The van der Waals surface area contributed by atoms with Gasteiger partial charge in [-0.05, 0) is 85.4 Å². The van der Waals surface area contributed by atoms with Crippen LogP contribution < -0.4 is 15.5 Å². The number of thiocarbonyl (C=S) groups is 1. The number of hydrogen-bond donors (Lipinski definition) is 2. The number of aryl methyl sites for hydroxylation is 1. The SMILES string of the molecule is COCC(=O)Nc1ccc(N2C(=S)NC(c3ccccn3)C2c2ccc(-c3ccc(Cl)c(Cl)c3)o2)cc1C. The van der Waals surface area contributed by atoms with Crippen molar-refractivity contribution in [1.82, 2.24) is 10.3 Å². The summed E-state index contributed by atoms with van der Waals surface area (Å²) in [6.45, 7) is 1.91. The van der Waals surface area contributed by atoms with E-state index in [1.807, 2.05) is 66.4 Å². The van der Waals surface area contributed by atoms with E-state index in [0.29, 0.717) is 32.4 Å². The first kappa shape index (κ1) is 26.2. The Hall–Kier alpha value is -3.43. The van der Waals surface area contributed by atoms with E-state index in [1.165, 1.54) is 7.11 Å². The maximum absolute atomic E-state index is 12.0. The van der Waals surface area contributed by atoms with Gasteiger partial charge in [0.15, 0.2) is 5.11 Å². The third-order valence-electron chi connectivity index (χ3n) is 6.26. The van der Waals surface area contributed by atoms with Gasteiger partial charge in [-0.3, -0.25) is 9.78 Å². The van der Waals surface area contributed by atoms with Crippen LogP contribution in [0.2, 0.25) is 10.0 Å². The van der Waals surface area contributed by atoms with Crippen molar-refractivity contribution >= 4 is 57.8 Å². The molecule has 0 saturated carbocycles. The normalized spacial score (nSPS) is 16.9. The molecule has 1 fully saturated rings. The summed E-state index contributed by atoms with van der Waals surface area (Å²) < 4.78 is 11.3. The van der Waals surface area contributed by atoms with Gasteiger partial charge in [0.05, 0.1) is 21.8 Å². The molecule has 5 rings (SSSR count). The number of methoxy groups -OCH3 is 1. The van der Waals surface area contributed by atoms with Crippen LogP contribution in [0.5, 0.6) is 0 Å². The van der Waals surface area contributed by atoms with Crippen LogP contribution in [0.25, 0.3) is 11.3 Å². The van der Waals surface area contributed by atoms with Crippen molar-refractivity contribution in [3.63, 3.8) is 0 Å². The fraction of sp³-hybridized carbons (Fsp3) is 0.179. The van der Waals surface area contributed by atoms with Crippen molar-refractivity contribution in [3.8, 4) is 11.3 Å². The average Bonchev–Trinajstić information content (AvgIpc) is 3.52. The van der Waals surface area contributed by atoms with E-state index < -0.39 is 0 Å². The molecule has 3 heterocycles. The number of ether oxygens (including phenoxy) is 1. The van der Waals surface area contributed by atoms with Gasteiger partial charge in [-0.25, -0.2) is 0 Å². The van der Waals surface area contributed by atoms with Crippen molar-refractivity contribution in [1.29, 1.82) is 0 Å². The molecule has 0 radical (unpaired) electrons. The summed E-state index contributed by atoms with van der Waals surface area (Å²) >= 11 is 18.2. The first-order chi connectivity index (χ1) is 18.4. The molecule has 0 aliphatic carbocycles. The predicted molar refractivity (Wildman–Crippen MR) is 154 cm³/mol. The van der Waals surface area contributed by atoms with Crippen LogP contribution in [0.4, 0.5) is 11.4 Å². The molecule has 38 heavy (non-hydrogen) atoms. The van der Waals surface area contributed by atoms with Crippen LogP contribution >= 0.6 is 35.4 Å². The number of anilines is 2. The maximum Gasteiger partial charge on any atom is 0.250 e. The summed E-state index contributed by atoms with van der Waals surface area (Å²) in [5.41, 5.74) is 4.07. The Morgan fingerprint density at radius 3 is 2.68 bits per heavy atom. The zero-order valence-corrected chi connectivity index (χ0v) is 22.9. The number of pyridine rings is 1. The average molecular weight is 567 g/mol. The summed E-state index contributed by atoms with van der Waals surface area (Å²) in [6.07, 6.45) is 1.75. The van der Waals surface area contributed by atoms with E-state index in [2.05, 4.69) is 15.6 Å². The van der Waals surface area contributed by atoms with Crippen molar-refractivity contribution in [3.05, 3.63) is 100.0 Å². The minimum atomic E-state index is -0.331. The lowest BCUT2D eigenvalue weighted by Gasteiger charge is -2.26. The standard InChI is InChI=1S/C28H24Cl2N4O3S/c1-16-13-18(7-9-21(16)32-25(35)15-36-2)34-27(26(33-28(34)38)22-5-3-4-12-31-22)24-11-10-23(37-24)17-6-8-19(29)20(30)14-17/h3-14,26-27H,15H2,1-2H3,(H,32,35)(H,33,38). The number of carbonyl (C=O) groups excluding carboxylic acids is 1. The highest BCUT2D eigenvalue weighted by Gasteiger charge is 2.42. The summed E-state index contributed by atoms with van der Waals surface area (Å²) in [7, 11) is 1.48. The minimum absolute atomic E-state index is 0.0190. The molecule has 1 amide bonds. The molecule has 10 heteroatoms. The number of rotatable bonds is 7. The summed E-state index contributed by atoms with van der Waals surface area (Å²) in [6, 6.07) is 20.2. The summed E-state index contributed by atoms with van der Waals surface area (Å²) in [5, 5.41) is 7.76. The molecule has 2 aromatic carbocycles. The number of hydrogen-bond acceptors (Lipinski definition) is 5. The third kappa shape index (κ3) is 5.26. The number of aromatic nitrogens is 1. The predicted octanol–water partition coefficient (Wildman–Crippen LogP) is 6.72. The van der Waals surface area contributed by atoms with E-state index in [-0.39, 0.29) is 24.6 Å². The summed E-state index contributed by atoms with van der Waals surface area (Å²) in [5.74, 6) is 1.13. The molecule has 7 nitrogen and oxygen atoms in total. The highest BCUT2D eigenvalue weighted by Crippen LogP contribution is 2.43. The Balaban J connectivity index is 1.54. The van der Waals surface area contributed by atoms with Crippen LogP contribution in [-0.2, 0) is 9.53 Å². The lowest BCUT2D eigenvalue weighted by atomic mass is 10.0. The largest absolute Gasteiger partial charge is 0.459 e. The molecule has 1 aliphatic heterocycles. The quantitative estimate of drug-likeness (QED) is 0.240. The van der Waals surface area contributed by atoms with Gasteiger partial charge >= 0.3 is 0 Å². The van der Waals surface area contributed by atoms with Gasteiger partial charge in [0.2, 0.25) is 5.91 Å². The molecule has 2 N–H and O–H groups in total. The van der Waals surface area contributed by atoms with Crippen molar-refractivity contribution in [2.75, 3.05) is 23.9 Å². The molecule has 1 saturated heterocycles. The van der Waals surface area contributed by atoms with E-state index in [0.717, 1.165) is 22.5 Å². The fourth-order valence-electron chi connectivity index (χ4n) is 4.49. The number of carbonyl (C=O) groups is 1. The first-order valence-corrected chi connectivity index (χ1v) is 13.0. The Morgan fingerprint density at radius 2 is 1.97 bits per heavy atom. The van der Waals surface area contributed by atoms with Crippen LogP contribution in [0, 0.1) is 6.92 Å². The topological polar surface area (TPSA) is 79.6 Å². The van der Waals surface area contributed by atoms with Gasteiger partial charge in [-0.2, -0.15) is 0 Å². The number of nitrogens with zero attached hydrogens (tertiary/aromatic N) is 2. The third-order valence-corrected chi connectivity index (χ3v) is 7.31. The van der Waals surface area contributed by atoms with Crippen LogP contribution in [0.15, 0.2) is 77.3 Å². The zero-order chi connectivity index (χ0) is 26.8. The molecule has 2 aromatic heterocycles. The molecular weight excluding hydrogens is 543 g/mol. The van der Waals surface area contributed by atoms with Gasteiger partial charge in [-0.15, -0.1) is 0 Å². The number of amides is 1. The molecule has 2 atom stereocenters. The fourth-order valence-corrected chi connectivity index (χ4v) is 5.14. The van der Waals surface area contributed by atoms with Crippen LogP contribution in [0.3, 0.4) is 0 Å². The lowest BCUT2D eigenvalue weighted by Crippen LogP contribution is -2.29. The second-order valence-corrected chi connectivity index (χ2v) is 10.0. The number of furan rings is 1. The lowest BCUT2D eigenvalue weighted by molar-refractivity contribution is -0.119. The van der Waals surface area contributed by atoms with Crippen LogP contribution in [0.1, 0.15) is 29.1 Å². The first-order valence-electron chi connectivity index (χ1n) is 11.8. The van der Waals surface area contributed by atoms with Crippen molar-refractivity contribution in [2.45, 2.75) is 19.0 Å². The smallest absolute Gasteiger partial charge is 0.250 e. The van der Waals surface area contributed by atoms with Crippen molar-refractivity contribution in [2.24, 2.45) is 0 Å². The zero-order valence-electron chi connectivity index (χ0n) is 20.6. The highest BCUT2D eigenvalue weighted by atomic mass is 35.5. The highest BCUT2D eigenvalue weighted by molar-refractivity contribution is 7.80. The second kappa shape index (κ2) is 11.1. The molecule has 4 aromatic rings. The van der Waals surface area contributed by atoms with E-state index in [9.17, 15) is 4.79 Å². The van der Waals surface area contributed by atoms with E-state index >= 15 is 0 Å². The monoisotopic (exact) mass is 566 g/mol. The Labute approximate surface area is 235 Å². The molecule has 2 unspecified atom stereocenters. The summed E-state index contributed by atoms with van der Waals surface area (Å²) in [4.78, 5) is 18.6. The van der Waals surface area contributed by atoms with Gasteiger partial charge in [0, 0.05) is 30.2 Å². The molecule has 0 bridgehead atoms. The Bertz CT molecular complexity index is 1490. The Kier molecular flexibility index (Phi) is 7.67. The second-order valence-electron chi connectivity index (χ2n) is 8.81. The van der Waals surface area contributed by atoms with Gasteiger partial charge in [0.1, 0.15) is 24.2 Å². The number of halogens is 2. The molecule has 194 valence electrons. The minimum Gasteiger partial charge on any atom is -0.459 e. The molecular formula is C28H24Cl2N4O3S.